The van der Waals surface area contributed by atoms with Gasteiger partial charge < -0.3 is 24.6 Å². The van der Waals surface area contributed by atoms with Gasteiger partial charge in [0.1, 0.15) is 18.1 Å². The third-order valence-electron chi connectivity index (χ3n) is 4.82. The molecule has 0 saturated carbocycles. The molecule has 7 heteroatoms. The molecule has 0 spiro atoms. The average Bonchev–Trinajstić information content (AvgIpc) is 3.06. The maximum Gasteiger partial charge on any atom is 0.191 e. The van der Waals surface area contributed by atoms with E-state index in [1.165, 1.54) is 0 Å². The molecule has 1 aromatic carbocycles. The fourth-order valence-corrected chi connectivity index (χ4v) is 3.33. The van der Waals surface area contributed by atoms with E-state index >= 15 is 0 Å². The molecule has 1 atom stereocenters. The first-order valence-corrected chi connectivity index (χ1v) is 10.7. The summed E-state index contributed by atoms with van der Waals surface area (Å²) in [5, 5.41) is 10.8. The van der Waals surface area contributed by atoms with Gasteiger partial charge in [-0.05, 0) is 46.2 Å². The Morgan fingerprint density at radius 2 is 1.97 bits per heavy atom. The Balaban J connectivity index is 2.03. The molecule has 166 valence electrons. The van der Waals surface area contributed by atoms with Gasteiger partial charge in [-0.25, -0.2) is 4.99 Å². The van der Waals surface area contributed by atoms with E-state index in [0.717, 1.165) is 52.9 Å². The number of nitrogens with zero attached hydrogens (tertiary/aromatic N) is 2. The number of ether oxygens (including phenoxy) is 2. The van der Waals surface area contributed by atoms with Crippen LogP contribution in [0.3, 0.4) is 0 Å². The van der Waals surface area contributed by atoms with Crippen LogP contribution in [0.25, 0.3) is 0 Å². The summed E-state index contributed by atoms with van der Waals surface area (Å²) in [5.74, 6) is 2.77. The van der Waals surface area contributed by atoms with Crippen LogP contribution in [0.2, 0.25) is 0 Å². The third kappa shape index (κ3) is 7.06. The fraction of sp³-hybridized carbons (Fsp3) is 0.565. The Labute approximate surface area is 180 Å². The zero-order valence-corrected chi connectivity index (χ0v) is 19.2. The van der Waals surface area contributed by atoms with E-state index in [1.54, 1.807) is 0 Å². The maximum absolute atomic E-state index is 5.93. The smallest absolute Gasteiger partial charge is 0.191 e. The van der Waals surface area contributed by atoms with Crippen molar-refractivity contribution in [2.75, 3.05) is 32.9 Å². The third-order valence-corrected chi connectivity index (χ3v) is 4.82. The molecule has 7 nitrogen and oxygen atoms in total. The summed E-state index contributed by atoms with van der Waals surface area (Å²) in [6.07, 6.45) is 0. The van der Waals surface area contributed by atoms with Crippen LogP contribution in [0.4, 0.5) is 0 Å². The fourth-order valence-electron chi connectivity index (χ4n) is 3.33. The number of benzene rings is 1. The van der Waals surface area contributed by atoms with Crippen LogP contribution >= 0.6 is 0 Å². The lowest BCUT2D eigenvalue weighted by atomic mass is 10.00. The number of nitrogens with one attached hydrogen (secondary N) is 2. The van der Waals surface area contributed by atoms with Gasteiger partial charge in [0, 0.05) is 36.7 Å². The number of aliphatic imine (C=N–C) groups is 1. The first-order chi connectivity index (χ1) is 14.5. The number of aromatic nitrogens is 1. The predicted octanol–water partition coefficient (Wildman–Crippen LogP) is 3.87. The van der Waals surface area contributed by atoms with E-state index < -0.39 is 0 Å². The maximum atomic E-state index is 5.93. The highest BCUT2D eigenvalue weighted by Crippen LogP contribution is 2.23. The van der Waals surface area contributed by atoms with Gasteiger partial charge in [-0.3, -0.25) is 0 Å². The van der Waals surface area contributed by atoms with Gasteiger partial charge in [0.2, 0.25) is 0 Å². The average molecular weight is 417 g/mol. The van der Waals surface area contributed by atoms with Crippen molar-refractivity contribution in [2.24, 2.45) is 4.99 Å². The van der Waals surface area contributed by atoms with E-state index in [-0.39, 0.29) is 5.92 Å². The van der Waals surface area contributed by atoms with Crippen LogP contribution in [-0.2, 0) is 11.3 Å². The molecule has 0 bridgehead atoms. The number of guanidine groups is 1. The Hall–Kier alpha value is -2.54. The van der Waals surface area contributed by atoms with Crippen molar-refractivity contribution in [3.05, 3.63) is 46.3 Å². The molecule has 0 aliphatic heterocycles. The highest BCUT2D eigenvalue weighted by molar-refractivity contribution is 5.79. The normalized spacial score (nSPS) is 12.7. The molecule has 0 saturated heterocycles. The molecule has 2 rings (SSSR count). The van der Waals surface area contributed by atoms with Crippen molar-refractivity contribution in [2.45, 2.75) is 54.0 Å². The molecular formula is C23H36N4O3. The van der Waals surface area contributed by atoms with Crippen LogP contribution in [-0.4, -0.2) is 44.0 Å². The van der Waals surface area contributed by atoms with Crippen molar-refractivity contribution in [1.29, 1.82) is 0 Å². The van der Waals surface area contributed by atoms with Crippen LogP contribution in [0, 0.1) is 20.8 Å². The number of aryl methyl sites for hydroxylation is 3. The number of hydrogen-bond acceptors (Lipinski definition) is 5. The summed E-state index contributed by atoms with van der Waals surface area (Å²) in [6, 6.07) is 6.21. The van der Waals surface area contributed by atoms with E-state index in [4.69, 9.17) is 19.0 Å². The lowest BCUT2D eigenvalue weighted by Gasteiger charge is -2.16. The molecule has 2 aromatic rings. The highest BCUT2D eigenvalue weighted by Gasteiger charge is 2.16. The molecule has 30 heavy (non-hydrogen) atoms. The second-order valence-electron chi connectivity index (χ2n) is 7.37. The molecule has 0 aliphatic carbocycles. The second-order valence-corrected chi connectivity index (χ2v) is 7.37. The second kappa shape index (κ2) is 12.2. The van der Waals surface area contributed by atoms with Gasteiger partial charge in [0.15, 0.2) is 5.96 Å². The zero-order valence-electron chi connectivity index (χ0n) is 19.2. The SMILES string of the molecule is CCNC(=NCc1ccc(C)cc1OCCOCC)NCC(C)c1c(C)noc1C. The van der Waals surface area contributed by atoms with Gasteiger partial charge in [-0.1, -0.05) is 24.2 Å². The molecule has 1 heterocycles. The highest BCUT2D eigenvalue weighted by atomic mass is 16.5. The molecular weight excluding hydrogens is 380 g/mol. The predicted molar refractivity (Wildman–Crippen MR) is 120 cm³/mol. The molecule has 1 aromatic heterocycles. The van der Waals surface area contributed by atoms with E-state index in [0.29, 0.717) is 26.4 Å². The van der Waals surface area contributed by atoms with Crippen molar-refractivity contribution < 1.29 is 14.0 Å². The van der Waals surface area contributed by atoms with E-state index in [1.807, 2.05) is 20.8 Å². The monoisotopic (exact) mass is 416 g/mol. The van der Waals surface area contributed by atoms with E-state index in [9.17, 15) is 0 Å². The van der Waals surface area contributed by atoms with E-state index in [2.05, 4.69) is 54.8 Å². The summed E-state index contributed by atoms with van der Waals surface area (Å²) in [4.78, 5) is 4.76. The number of hydrogen-bond donors (Lipinski definition) is 2. The molecule has 2 N–H and O–H groups in total. The molecule has 0 fully saturated rings. The lowest BCUT2D eigenvalue weighted by molar-refractivity contribution is 0.110. The summed E-state index contributed by atoms with van der Waals surface area (Å²) >= 11 is 0. The van der Waals surface area contributed by atoms with Gasteiger partial charge in [0.05, 0.1) is 18.8 Å². The van der Waals surface area contributed by atoms with Gasteiger partial charge in [0.25, 0.3) is 0 Å². The summed E-state index contributed by atoms with van der Waals surface area (Å²) < 4.78 is 16.6. The first-order valence-electron chi connectivity index (χ1n) is 10.7. The molecule has 0 aliphatic rings. The van der Waals surface area contributed by atoms with Crippen molar-refractivity contribution >= 4 is 5.96 Å². The minimum Gasteiger partial charge on any atom is -0.491 e. The molecule has 0 radical (unpaired) electrons. The first kappa shape index (κ1) is 23.7. The van der Waals surface area contributed by atoms with Crippen LogP contribution in [0.5, 0.6) is 5.75 Å². The zero-order chi connectivity index (χ0) is 21.9. The largest absolute Gasteiger partial charge is 0.491 e. The minimum absolute atomic E-state index is 0.261. The Morgan fingerprint density at radius 1 is 1.17 bits per heavy atom. The topological polar surface area (TPSA) is 80.9 Å². The van der Waals surface area contributed by atoms with Crippen LogP contribution in [0.15, 0.2) is 27.7 Å². The Bertz CT molecular complexity index is 797. The Morgan fingerprint density at radius 3 is 2.63 bits per heavy atom. The minimum atomic E-state index is 0.261. The molecule has 0 amide bonds. The van der Waals surface area contributed by atoms with Crippen molar-refractivity contribution in [3.8, 4) is 5.75 Å². The van der Waals surface area contributed by atoms with Gasteiger partial charge in [-0.2, -0.15) is 0 Å². The van der Waals surface area contributed by atoms with Crippen LogP contribution < -0.4 is 15.4 Å². The van der Waals surface area contributed by atoms with Crippen LogP contribution in [0.1, 0.15) is 54.8 Å². The summed E-state index contributed by atoms with van der Waals surface area (Å²) in [6.45, 7) is 16.0. The molecule has 1 unspecified atom stereocenters. The Kier molecular flexibility index (Phi) is 9.67. The van der Waals surface area contributed by atoms with Crippen molar-refractivity contribution in [3.63, 3.8) is 0 Å². The number of rotatable bonds is 11. The van der Waals surface area contributed by atoms with Gasteiger partial charge >= 0.3 is 0 Å². The standard InChI is InChI=1S/C23H36N4O3/c1-7-24-23(25-14-17(4)22-18(5)27-30-19(22)6)26-15-20-10-9-16(3)13-21(20)29-12-11-28-8-2/h9-10,13,17H,7-8,11-12,14-15H2,1-6H3,(H2,24,25,26). The summed E-state index contributed by atoms with van der Waals surface area (Å²) in [5.41, 5.74) is 4.31. The van der Waals surface area contributed by atoms with Crippen molar-refractivity contribution in [1.82, 2.24) is 15.8 Å². The van der Waals surface area contributed by atoms with Gasteiger partial charge in [-0.15, -0.1) is 0 Å². The lowest BCUT2D eigenvalue weighted by Crippen LogP contribution is -2.39. The summed E-state index contributed by atoms with van der Waals surface area (Å²) in [7, 11) is 0. The quantitative estimate of drug-likeness (QED) is 0.329.